The van der Waals surface area contributed by atoms with Crippen LogP contribution in [0.1, 0.15) is 18.4 Å². The Labute approximate surface area is 176 Å². The van der Waals surface area contributed by atoms with Crippen molar-refractivity contribution in [3.8, 4) is 11.3 Å². The molecule has 0 unspecified atom stereocenters. The van der Waals surface area contributed by atoms with Crippen molar-refractivity contribution in [2.75, 3.05) is 32.6 Å². The van der Waals surface area contributed by atoms with Crippen molar-refractivity contribution in [1.82, 2.24) is 14.7 Å². The van der Waals surface area contributed by atoms with Gasteiger partial charge in [-0.2, -0.15) is 5.10 Å². The fourth-order valence-electron chi connectivity index (χ4n) is 3.08. The van der Waals surface area contributed by atoms with Gasteiger partial charge in [0, 0.05) is 42.2 Å². The van der Waals surface area contributed by atoms with E-state index in [4.69, 9.17) is 0 Å². The second-order valence-corrected chi connectivity index (χ2v) is 7.82. The highest BCUT2D eigenvalue weighted by molar-refractivity contribution is 7.98. The summed E-state index contributed by atoms with van der Waals surface area (Å²) in [6.45, 7) is 1.87. The van der Waals surface area contributed by atoms with Crippen molar-refractivity contribution < 1.29 is 10.2 Å². The van der Waals surface area contributed by atoms with Gasteiger partial charge in [-0.25, -0.2) is 4.68 Å². The molecule has 1 aliphatic rings. The van der Waals surface area contributed by atoms with Crippen LogP contribution in [-0.4, -0.2) is 57.5 Å². The molecule has 0 saturated heterocycles. The molecule has 0 amide bonds. The number of hydrogen-bond acceptors (Lipinski definition) is 6. The molecule has 1 aliphatic carbocycles. The normalized spacial score (nSPS) is 13.6. The smallest absolute Gasteiger partial charge is 0.271 e. The maximum absolute atomic E-state index is 12.9. The number of benzene rings is 1. The topological polar surface area (TPSA) is 78.6 Å². The molecule has 3 rings (SSSR count). The van der Waals surface area contributed by atoms with Crippen molar-refractivity contribution in [1.29, 1.82) is 0 Å². The first kappa shape index (κ1) is 22.9. The lowest BCUT2D eigenvalue weighted by Gasteiger charge is -2.20. The predicted octanol–water partition coefficient (Wildman–Crippen LogP) is 2.25. The van der Waals surface area contributed by atoms with Gasteiger partial charge in [0.2, 0.25) is 0 Å². The van der Waals surface area contributed by atoms with E-state index in [0.717, 1.165) is 24.1 Å². The lowest BCUT2D eigenvalue weighted by atomic mass is 10.1. The zero-order valence-corrected chi connectivity index (χ0v) is 17.7. The molecule has 1 aromatic carbocycles. The molecule has 1 saturated carbocycles. The molecule has 0 radical (unpaired) electrons. The second-order valence-electron chi connectivity index (χ2n) is 6.94. The van der Waals surface area contributed by atoms with Gasteiger partial charge in [0.05, 0.1) is 18.9 Å². The minimum Gasteiger partial charge on any atom is -0.395 e. The lowest BCUT2D eigenvalue weighted by molar-refractivity contribution is 0.155. The Kier molecular flexibility index (Phi) is 8.98. The SMILES string of the molecule is CSc1ccc(-c2cc(CN(CCO)CCO)c(=O)n(CC3CC3)n2)cc1.Cl. The van der Waals surface area contributed by atoms with Crippen LogP contribution in [0.4, 0.5) is 0 Å². The van der Waals surface area contributed by atoms with E-state index < -0.39 is 0 Å². The van der Waals surface area contributed by atoms with E-state index in [1.165, 1.54) is 4.90 Å². The van der Waals surface area contributed by atoms with Gasteiger partial charge in [0.25, 0.3) is 5.56 Å². The Bertz CT molecular complexity index is 803. The number of nitrogens with zero attached hydrogens (tertiary/aromatic N) is 3. The summed E-state index contributed by atoms with van der Waals surface area (Å²) in [7, 11) is 0. The molecule has 0 atom stereocenters. The summed E-state index contributed by atoms with van der Waals surface area (Å²) in [5.74, 6) is 0.545. The molecule has 6 nitrogen and oxygen atoms in total. The van der Waals surface area contributed by atoms with Crippen molar-refractivity contribution in [2.45, 2.75) is 30.8 Å². The standard InChI is InChI=1S/C20H27N3O3S.ClH/c1-27-18-6-4-16(5-7-18)19-12-17(14-22(8-10-24)9-11-25)20(26)23(21-19)13-15-2-3-15;/h4-7,12,15,24-25H,2-3,8-11,13-14H2,1H3;1H. The summed E-state index contributed by atoms with van der Waals surface area (Å²) in [5, 5.41) is 23.1. The molecule has 2 aromatic rings. The van der Waals surface area contributed by atoms with E-state index in [1.54, 1.807) is 16.4 Å². The van der Waals surface area contributed by atoms with Crippen molar-refractivity contribution in [3.63, 3.8) is 0 Å². The minimum absolute atomic E-state index is 0. The van der Waals surface area contributed by atoms with Gasteiger partial charge >= 0.3 is 0 Å². The molecule has 0 bridgehead atoms. The molecule has 0 aliphatic heterocycles. The zero-order chi connectivity index (χ0) is 19.2. The van der Waals surface area contributed by atoms with Crippen LogP contribution in [-0.2, 0) is 13.1 Å². The van der Waals surface area contributed by atoms with Crippen LogP contribution >= 0.6 is 24.2 Å². The highest BCUT2D eigenvalue weighted by Crippen LogP contribution is 2.30. The molecule has 2 N–H and O–H groups in total. The Hall–Kier alpha value is -1.38. The van der Waals surface area contributed by atoms with Crippen LogP contribution in [0, 0.1) is 5.92 Å². The van der Waals surface area contributed by atoms with Gasteiger partial charge in [-0.05, 0) is 43.2 Å². The molecule has 28 heavy (non-hydrogen) atoms. The molecular formula is C20H28ClN3O3S. The summed E-state index contributed by atoms with van der Waals surface area (Å²) in [6.07, 6.45) is 4.34. The minimum atomic E-state index is -0.0766. The van der Waals surface area contributed by atoms with Gasteiger partial charge in [-0.3, -0.25) is 9.69 Å². The maximum Gasteiger partial charge on any atom is 0.271 e. The second kappa shape index (κ2) is 11.0. The first-order valence-electron chi connectivity index (χ1n) is 9.34. The highest BCUT2D eigenvalue weighted by atomic mass is 35.5. The van der Waals surface area contributed by atoms with E-state index in [0.29, 0.717) is 37.7 Å². The summed E-state index contributed by atoms with van der Waals surface area (Å²) >= 11 is 1.69. The van der Waals surface area contributed by atoms with Gasteiger partial charge in [0.1, 0.15) is 0 Å². The third-order valence-corrected chi connectivity index (χ3v) is 5.53. The fourth-order valence-corrected chi connectivity index (χ4v) is 3.48. The van der Waals surface area contributed by atoms with E-state index in [1.807, 2.05) is 29.4 Å². The predicted molar refractivity (Wildman–Crippen MR) is 115 cm³/mol. The van der Waals surface area contributed by atoms with Gasteiger partial charge in [0.15, 0.2) is 0 Å². The average molecular weight is 426 g/mol. The number of aliphatic hydroxyl groups is 2. The average Bonchev–Trinajstić information content (AvgIpc) is 3.49. The zero-order valence-electron chi connectivity index (χ0n) is 16.1. The Balaban J connectivity index is 0.00000280. The van der Waals surface area contributed by atoms with Crippen molar-refractivity contribution >= 4 is 24.2 Å². The third-order valence-electron chi connectivity index (χ3n) is 4.79. The first-order valence-corrected chi connectivity index (χ1v) is 10.6. The monoisotopic (exact) mass is 425 g/mol. The van der Waals surface area contributed by atoms with Crippen LogP contribution in [0.3, 0.4) is 0 Å². The van der Waals surface area contributed by atoms with Crippen molar-refractivity contribution in [3.05, 3.63) is 46.2 Å². The van der Waals surface area contributed by atoms with Gasteiger partial charge < -0.3 is 10.2 Å². The molecular weight excluding hydrogens is 398 g/mol. The summed E-state index contributed by atoms with van der Waals surface area (Å²) in [5.41, 5.74) is 2.34. The summed E-state index contributed by atoms with van der Waals surface area (Å²) < 4.78 is 1.60. The molecule has 0 spiro atoms. The largest absolute Gasteiger partial charge is 0.395 e. The van der Waals surface area contributed by atoms with E-state index in [2.05, 4.69) is 17.2 Å². The molecule has 1 fully saturated rings. The number of halogens is 1. The van der Waals surface area contributed by atoms with Gasteiger partial charge in [-0.1, -0.05) is 12.1 Å². The third kappa shape index (κ3) is 6.06. The number of hydrogen-bond donors (Lipinski definition) is 2. The molecule has 154 valence electrons. The number of aliphatic hydroxyl groups excluding tert-OH is 2. The van der Waals surface area contributed by atoms with Crippen LogP contribution in [0.2, 0.25) is 0 Å². The number of rotatable bonds is 10. The summed E-state index contributed by atoms with van der Waals surface area (Å²) in [4.78, 5) is 16.0. The quantitative estimate of drug-likeness (QED) is 0.568. The first-order chi connectivity index (χ1) is 13.1. The number of thioether (sulfide) groups is 1. The molecule has 1 heterocycles. The van der Waals surface area contributed by atoms with Crippen LogP contribution in [0.15, 0.2) is 40.0 Å². The Morgan fingerprint density at radius 1 is 1.18 bits per heavy atom. The van der Waals surface area contributed by atoms with E-state index in [9.17, 15) is 15.0 Å². The molecule has 1 aromatic heterocycles. The van der Waals surface area contributed by atoms with Crippen molar-refractivity contribution in [2.24, 2.45) is 5.92 Å². The van der Waals surface area contributed by atoms with Crippen LogP contribution in [0.25, 0.3) is 11.3 Å². The lowest BCUT2D eigenvalue weighted by Crippen LogP contribution is -2.34. The Morgan fingerprint density at radius 3 is 2.36 bits per heavy atom. The van der Waals surface area contributed by atoms with Crippen LogP contribution in [0.5, 0.6) is 0 Å². The van der Waals surface area contributed by atoms with Crippen LogP contribution < -0.4 is 5.56 Å². The fraction of sp³-hybridized carbons (Fsp3) is 0.500. The van der Waals surface area contributed by atoms with Gasteiger partial charge in [-0.15, -0.1) is 24.2 Å². The Morgan fingerprint density at radius 2 is 1.82 bits per heavy atom. The maximum atomic E-state index is 12.9. The number of aromatic nitrogens is 2. The van der Waals surface area contributed by atoms with E-state index in [-0.39, 0.29) is 31.2 Å². The highest BCUT2D eigenvalue weighted by Gasteiger charge is 2.24. The van der Waals surface area contributed by atoms with E-state index >= 15 is 0 Å². The molecule has 8 heteroatoms. The summed E-state index contributed by atoms with van der Waals surface area (Å²) in [6, 6.07) is 10.0.